The molecule has 1 N–H and O–H groups in total. The molecule has 0 radical (unpaired) electrons. The summed E-state index contributed by atoms with van der Waals surface area (Å²) in [6, 6.07) is 3.56. The number of pyridine rings is 1. The van der Waals surface area contributed by atoms with Gasteiger partial charge in [-0.15, -0.1) is 0 Å². The van der Waals surface area contributed by atoms with Gasteiger partial charge in [-0.25, -0.2) is 22.0 Å². The molecule has 3 rings (SSSR count). The number of hydrogen-bond donors (Lipinski definition) is 1. The summed E-state index contributed by atoms with van der Waals surface area (Å²) in [7, 11) is 0. The molecule has 5 nitrogen and oxygen atoms in total. The first-order valence-electron chi connectivity index (χ1n) is 7.80. The van der Waals surface area contributed by atoms with Gasteiger partial charge in [-0.05, 0) is 28.9 Å². The van der Waals surface area contributed by atoms with Crippen molar-refractivity contribution in [2.24, 2.45) is 0 Å². The number of nitriles is 1. The van der Waals surface area contributed by atoms with E-state index in [4.69, 9.17) is 12.2 Å². The second-order valence-electron chi connectivity index (χ2n) is 6.23. The van der Waals surface area contributed by atoms with Crippen molar-refractivity contribution in [1.82, 2.24) is 20.1 Å². The van der Waals surface area contributed by atoms with Crippen molar-refractivity contribution in [1.29, 1.82) is 5.26 Å². The van der Waals surface area contributed by atoms with Crippen LogP contribution in [0.15, 0.2) is 22.9 Å². The molecule has 2 aromatic heterocycles. The fourth-order valence-electron chi connectivity index (χ4n) is 2.55. The normalized spacial score (nSPS) is 13.2. The molecule has 0 saturated heterocycles. The highest BCUT2D eigenvalue weighted by atomic mass is 79.9. The van der Waals surface area contributed by atoms with Gasteiger partial charge in [0.05, 0.1) is 24.4 Å². The molecule has 1 unspecified atom stereocenters. The number of hydrogen-bond acceptors (Lipinski definition) is 4. The van der Waals surface area contributed by atoms with Gasteiger partial charge in [0, 0.05) is 10.7 Å². The van der Waals surface area contributed by atoms with E-state index in [0.29, 0.717) is 15.5 Å². The average Bonchev–Trinajstić information content (AvgIpc) is 3.05. The minimum Gasteiger partial charge on any atom is -0.356 e. The van der Waals surface area contributed by atoms with Crippen molar-refractivity contribution in [2.75, 3.05) is 0 Å². The Labute approximate surface area is 174 Å². The molecule has 0 aliphatic rings. The second kappa shape index (κ2) is 7.64. The van der Waals surface area contributed by atoms with Gasteiger partial charge in [-0.3, -0.25) is 9.67 Å². The monoisotopic (exact) mass is 489 g/mol. The van der Waals surface area contributed by atoms with Crippen LogP contribution in [0.5, 0.6) is 0 Å². The first kappa shape index (κ1) is 21.1. The zero-order valence-electron chi connectivity index (χ0n) is 14.4. The van der Waals surface area contributed by atoms with Gasteiger partial charge in [0.1, 0.15) is 21.6 Å². The molecule has 12 heteroatoms. The molecule has 0 saturated carbocycles. The minimum atomic E-state index is -2.29. The zero-order chi connectivity index (χ0) is 21.5. The Bertz CT molecular complexity index is 1160. The lowest BCUT2D eigenvalue weighted by Crippen LogP contribution is -2.48. The van der Waals surface area contributed by atoms with E-state index in [0.717, 1.165) is 0 Å². The number of thiocarbonyl (C=S) groups is 1. The summed E-state index contributed by atoms with van der Waals surface area (Å²) in [5, 5.41) is 16.1. The van der Waals surface area contributed by atoms with E-state index >= 15 is 0 Å². The molecule has 1 atom stereocenters. The van der Waals surface area contributed by atoms with Crippen LogP contribution >= 0.6 is 28.1 Å². The van der Waals surface area contributed by atoms with Crippen molar-refractivity contribution < 1.29 is 22.0 Å². The summed E-state index contributed by atoms with van der Waals surface area (Å²) >= 11 is 8.08. The largest absolute Gasteiger partial charge is 0.356 e. The van der Waals surface area contributed by atoms with Gasteiger partial charge in [0.2, 0.25) is 5.82 Å². The third-order valence-corrected chi connectivity index (χ3v) is 4.66. The van der Waals surface area contributed by atoms with E-state index in [1.807, 2.05) is 6.07 Å². The maximum Gasteiger partial charge on any atom is 0.200 e. The van der Waals surface area contributed by atoms with Gasteiger partial charge < -0.3 is 5.32 Å². The Hall–Kier alpha value is -2.65. The fourth-order valence-corrected chi connectivity index (χ4v) is 3.28. The molecule has 29 heavy (non-hydrogen) atoms. The molecule has 2 heterocycles. The van der Waals surface area contributed by atoms with Gasteiger partial charge >= 0.3 is 0 Å². The fraction of sp³-hybridized carbons (Fsp3) is 0.176. The lowest BCUT2D eigenvalue weighted by molar-refractivity contribution is 0.375. The lowest BCUT2D eigenvalue weighted by atomic mass is 10.0. The summed E-state index contributed by atoms with van der Waals surface area (Å²) in [4.78, 5) is 3.33. The van der Waals surface area contributed by atoms with Crippen LogP contribution in [0.1, 0.15) is 12.5 Å². The Morgan fingerprint density at radius 1 is 1.17 bits per heavy atom. The molecule has 0 fully saturated rings. The Morgan fingerprint density at radius 3 is 2.34 bits per heavy atom. The zero-order valence-corrected chi connectivity index (χ0v) is 16.8. The van der Waals surface area contributed by atoms with Crippen LogP contribution in [0.2, 0.25) is 0 Å². The SMILES string of the molecule is CC(C#N)(Cn1cc2ncc(Br)cc2n1)NC(=S)c1c(F)c(F)c(F)c(F)c1F. The number of halogens is 6. The van der Waals surface area contributed by atoms with Crippen LogP contribution in [0.3, 0.4) is 0 Å². The highest BCUT2D eigenvalue weighted by molar-refractivity contribution is 9.10. The second-order valence-corrected chi connectivity index (χ2v) is 7.55. The highest BCUT2D eigenvalue weighted by Gasteiger charge is 2.32. The van der Waals surface area contributed by atoms with Gasteiger partial charge in [-0.2, -0.15) is 10.4 Å². The van der Waals surface area contributed by atoms with Gasteiger partial charge in [0.25, 0.3) is 0 Å². The third kappa shape index (κ3) is 3.92. The van der Waals surface area contributed by atoms with Crippen molar-refractivity contribution in [3.05, 3.63) is 57.6 Å². The third-order valence-electron chi connectivity index (χ3n) is 3.92. The highest BCUT2D eigenvalue weighted by Crippen LogP contribution is 2.24. The minimum absolute atomic E-state index is 0.160. The van der Waals surface area contributed by atoms with Crippen molar-refractivity contribution in [3.8, 4) is 6.07 Å². The standard InChI is InChI=1S/C17H9BrF5N5S/c1-17(5-24,6-28-4-9-8(27-28)2-7(18)3-25-9)26-16(29)10-11(19)13(21)15(23)14(22)12(10)20/h2-4H,6H2,1H3,(H,26,29). The van der Waals surface area contributed by atoms with Crippen LogP contribution < -0.4 is 5.32 Å². The summed E-state index contributed by atoms with van der Waals surface area (Å²) in [5.41, 5.74) is -1.86. The van der Waals surface area contributed by atoms with E-state index in [1.54, 1.807) is 12.3 Å². The molecule has 150 valence electrons. The van der Waals surface area contributed by atoms with Gasteiger partial charge in [0.15, 0.2) is 23.3 Å². The smallest absolute Gasteiger partial charge is 0.200 e. The van der Waals surface area contributed by atoms with Crippen molar-refractivity contribution in [2.45, 2.75) is 19.0 Å². The molecular weight excluding hydrogens is 481 g/mol. The van der Waals surface area contributed by atoms with Crippen molar-refractivity contribution >= 4 is 44.2 Å². The predicted molar refractivity (Wildman–Crippen MR) is 100 cm³/mol. The molecule has 3 aromatic rings. The first-order chi connectivity index (χ1) is 13.6. The summed E-state index contributed by atoms with van der Waals surface area (Å²) in [6.45, 7) is 1.17. The topological polar surface area (TPSA) is 66.5 Å². The van der Waals surface area contributed by atoms with Crippen LogP contribution in [-0.4, -0.2) is 25.3 Å². The summed E-state index contributed by atoms with van der Waals surface area (Å²) in [6.07, 6.45) is 3.08. The Balaban J connectivity index is 1.92. The Morgan fingerprint density at radius 2 is 1.76 bits per heavy atom. The molecule has 0 bridgehead atoms. The van der Waals surface area contributed by atoms with E-state index in [-0.39, 0.29) is 6.54 Å². The predicted octanol–water partition coefficient (Wildman–Crippen LogP) is 4.14. The van der Waals surface area contributed by atoms with Crippen LogP contribution in [0.25, 0.3) is 11.0 Å². The van der Waals surface area contributed by atoms with E-state index in [1.165, 1.54) is 17.8 Å². The number of benzene rings is 1. The van der Waals surface area contributed by atoms with E-state index in [2.05, 4.69) is 31.3 Å². The quantitative estimate of drug-likeness (QED) is 0.258. The number of rotatable bonds is 4. The molecule has 1 aromatic carbocycles. The first-order valence-corrected chi connectivity index (χ1v) is 9.00. The van der Waals surface area contributed by atoms with Gasteiger partial charge in [-0.1, -0.05) is 12.2 Å². The molecule has 0 aliphatic heterocycles. The van der Waals surface area contributed by atoms with E-state index < -0.39 is 45.2 Å². The number of fused-ring (bicyclic) bond motifs is 1. The maximum atomic E-state index is 14.0. The molecule has 0 amide bonds. The molecular formula is C17H9BrF5N5S. The summed E-state index contributed by atoms with van der Waals surface area (Å²) in [5.74, 6) is -10.7. The summed E-state index contributed by atoms with van der Waals surface area (Å²) < 4.78 is 70.1. The molecule has 0 aliphatic carbocycles. The average molecular weight is 490 g/mol. The van der Waals surface area contributed by atoms with Crippen molar-refractivity contribution in [3.63, 3.8) is 0 Å². The maximum absolute atomic E-state index is 14.0. The molecule has 0 spiro atoms. The van der Waals surface area contributed by atoms with E-state index in [9.17, 15) is 27.2 Å². The van der Waals surface area contributed by atoms with Crippen LogP contribution in [0.4, 0.5) is 22.0 Å². The van der Waals surface area contributed by atoms with Crippen LogP contribution in [0, 0.1) is 40.4 Å². The Kier molecular flexibility index (Phi) is 5.55. The number of aromatic nitrogens is 3. The number of nitrogens with one attached hydrogen (secondary N) is 1. The number of nitrogens with zero attached hydrogens (tertiary/aromatic N) is 4. The van der Waals surface area contributed by atoms with Crippen LogP contribution in [-0.2, 0) is 6.54 Å². The lowest BCUT2D eigenvalue weighted by Gasteiger charge is -2.25.